The minimum absolute atomic E-state index is 0.117. The van der Waals surface area contributed by atoms with Gasteiger partial charge in [0, 0.05) is 17.4 Å². The number of nitriles is 1. The summed E-state index contributed by atoms with van der Waals surface area (Å²) in [6.45, 7) is 10.9. The maximum Gasteiger partial charge on any atom is 0.264 e. The van der Waals surface area contributed by atoms with E-state index in [1.807, 2.05) is 4.90 Å². The van der Waals surface area contributed by atoms with Gasteiger partial charge in [-0.2, -0.15) is 5.26 Å². The third-order valence-electron chi connectivity index (χ3n) is 6.12. The van der Waals surface area contributed by atoms with Gasteiger partial charge in [-0.25, -0.2) is 0 Å². The first kappa shape index (κ1) is 18.7. The molecule has 1 aliphatic heterocycles. The van der Waals surface area contributed by atoms with Crippen LogP contribution in [0.5, 0.6) is 0 Å². The van der Waals surface area contributed by atoms with E-state index in [1.165, 1.54) is 42.0 Å². The molecular formula is C21H31N4O+. The minimum Gasteiger partial charge on any atom is -0.346 e. The predicted octanol–water partition coefficient (Wildman–Crippen LogP) is 1.87. The van der Waals surface area contributed by atoms with E-state index in [4.69, 9.17) is 0 Å². The highest BCUT2D eigenvalue weighted by molar-refractivity contribution is 6.01. The topological polar surface area (TPSA) is 53.5 Å². The van der Waals surface area contributed by atoms with E-state index >= 15 is 0 Å². The molecule has 0 radical (unpaired) electrons. The van der Waals surface area contributed by atoms with Crippen molar-refractivity contribution in [2.45, 2.75) is 52.5 Å². The molecule has 1 aromatic heterocycles. The Morgan fingerprint density at radius 2 is 1.96 bits per heavy atom. The molecule has 2 fully saturated rings. The lowest BCUT2D eigenvalue weighted by molar-refractivity contribution is -0.902. The number of piperazine rings is 1. The Kier molecular flexibility index (Phi) is 5.83. The summed E-state index contributed by atoms with van der Waals surface area (Å²) in [5.74, 6) is -0.117. The van der Waals surface area contributed by atoms with Crippen molar-refractivity contribution in [3.8, 4) is 6.07 Å². The quantitative estimate of drug-likeness (QED) is 0.662. The largest absolute Gasteiger partial charge is 0.346 e. The van der Waals surface area contributed by atoms with E-state index < -0.39 is 0 Å². The molecule has 2 heterocycles. The molecule has 1 aromatic rings. The van der Waals surface area contributed by atoms with Crippen LogP contribution < -0.4 is 4.90 Å². The number of aryl methyl sites for hydroxylation is 1. The van der Waals surface area contributed by atoms with E-state index in [1.54, 1.807) is 6.08 Å². The van der Waals surface area contributed by atoms with Gasteiger partial charge in [0.25, 0.3) is 5.91 Å². The second-order valence-corrected chi connectivity index (χ2v) is 7.70. The number of carbonyl (C=O) groups is 1. The summed E-state index contributed by atoms with van der Waals surface area (Å²) < 4.78 is 2.40. The lowest BCUT2D eigenvalue weighted by Gasteiger charge is -2.31. The summed E-state index contributed by atoms with van der Waals surface area (Å²) in [7, 11) is 0. The van der Waals surface area contributed by atoms with E-state index in [-0.39, 0.29) is 11.5 Å². The van der Waals surface area contributed by atoms with E-state index in [9.17, 15) is 10.1 Å². The number of quaternary nitrogens is 1. The SMILES string of the molecule is CC[NH+]1CCN(C(=O)/C(C#N)=C/c2cc(C)n(C3CCCC3)c2C)CC1. The van der Waals surface area contributed by atoms with Crippen molar-refractivity contribution in [2.24, 2.45) is 0 Å². The van der Waals surface area contributed by atoms with Gasteiger partial charge in [0.2, 0.25) is 0 Å². The van der Waals surface area contributed by atoms with Gasteiger partial charge < -0.3 is 14.4 Å². The van der Waals surface area contributed by atoms with Crippen LogP contribution in [0.3, 0.4) is 0 Å². The lowest BCUT2D eigenvalue weighted by Crippen LogP contribution is -3.14. The Labute approximate surface area is 156 Å². The Balaban J connectivity index is 1.80. The van der Waals surface area contributed by atoms with E-state index in [0.29, 0.717) is 6.04 Å². The number of rotatable bonds is 4. The molecule has 0 atom stereocenters. The summed E-state index contributed by atoms with van der Waals surface area (Å²) >= 11 is 0. The molecule has 0 bridgehead atoms. The van der Waals surface area contributed by atoms with Crippen molar-refractivity contribution >= 4 is 12.0 Å². The highest BCUT2D eigenvalue weighted by Crippen LogP contribution is 2.33. The molecule has 1 aliphatic carbocycles. The molecule has 1 amide bonds. The molecule has 5 nitrogen and oxygen atoms in total. The fourth-order valence-corrected chi connectivity index (χ4v) is 4.52. The average molecular weight is 356 g/mol. The Morgan fingerprint density at radius 1 is 1.31 bits per heavy atom. The van der Waals surface area contributed by atoms with Crippen LogP contribution in [0.1, 0.15) is 55.6 Å². The second-order valence-electron chi connectivity index (χ2n) is 7.70. The molecule has 0 unspecified atom stereocenters. The highest BCUT2D eigenvalue weighted by Gasteiger charge is 2.26. The molecule has 0 spiro atoms. The van der Waals surface area contributed by atoms with Crippen LogP contribution >= 0.6 is 0 Å². The zero-order valence-electron chi connectivity index (χ0n) is 16.3. The van der Waals surface area contributed by atoms with Crippen LogP contribution in [0.2, 0.25) is 0 Å². The smallest absolute Gasteiger partial charge is 0.264 e. The van der Waals surface area contributed by atoms with Crippen LogP contribution in [0, 0.1) is 25.2 Å². The van der Waals surface area contributed by atoms with Crippen molar-refractivity contribution in [3.63, 3.8) is 0 Å². The van der Waals surface area contributed by atoms with Crippen LogP contribution in [-0.4, -0.2) is 48.1 Å². The first-order chi connectivity index (χ1) is 12.5. The number of hydrogen-bond acceptors (Lipinski definition) is 2. The Bertz CT molecular complexity index is 726. The van der Waals surface area contributed by atoms with Gasteiger partial charge in [-0.1, -0.05) is 12.8 Å². The van der Waals surface area contributed by atoms with E-state index in [2.05, 4.69) is 37.5 Å². The van der Waals surface area contributed by atoms with Gasteiger partial charge in [-0.3, -0.25) is 4.79 Å². The number of nitrogens with one attached hydrogen (secondary N) is 1. The molecule has 26 heavy (non-hydrogen) atoms. The van der Waals surface area contributed by atoms with Gasteiger partial charge in [-0.05, 0) is 51.3 Å². The molecule has 1 N–H and O–H groups in total. The summed E-state index contributed by atoms with van der Waals surface area (Å²) in [5, 5.41) is 9.59. The zero-order chi connectivity index (χ0) is 18.7. The Morgan fingerprint density at radius 3 is 2.54 bits per heavy atom. The van der Waals surface area contributed by atoms with E-state index in [0.717, 1.165) is 38.3 Å². The fourth-order valence-electron chi connectivity index (χ4n) is 4.52. The summed E-state index contributed by atoms with van der Waals surface area (Å²) in [4.78, 5) is 16.2. The normalized spacial score (nSPS) is 19.8. The predicted molar refractivity (Wildman–Crippen MR) is 103 cm³/mol. The van der Waals surface area contributed by atoms with Gasteiger partial charge in [0.1, 0.15) is 11.6 Å². The number of carbonyl (C=O) groups excluding carboxylic acids is 1. The molecule has 1 saturated heterocycles. The van der Waals surface area contributed by atoms with Gasteiger partial charge in [0.05, 0.1) is 32.7 Å². The molecule has 140 valence electrons. The number of hydrogen-bond donors (Lipinski definition) is 1. The molecule has 2 aliphatic rings. The maximum atomic E-state index is 12.8. The highest BCUT2D eigenvalue weighted by atomic mass is 16.2. The minimum atomic E-state index is -0.117. The van der Waals surface area contributed by atoms with Gasteiger partial charge in [0.15, 0.2) is 0 Å². The summed E-state index contributed by atoms with van der Waals surface area (Å²) in [6.07, 6.45) is 6.84. The third-order valence-corrected chi connectivity index (χ3v) is 6.12. The second kappa shape index (κ2) is 8.09. The average Bonchev–Trinajstić information content (AvgIpc) is 3.27. The van der Waals surface area contributed by atoms with Crippen molar-refractivity contribution < 1.29 is 9.69 Å². The van der Waals surface area contributed by atoms with Crippen molar-refractivity contribution in [3.05, 3.63) is 28.6 Å². The Hall–Kier alpha value is -2.06. The van der Waals surface area contributed by atoms with Crippen molar-refractivity contribution in [2.75, 3.05) is 32.7 Å². The molecule has 5 heteroatoms. The number of nitrogens with zero attached hydrogens (tertiary/aromatic N) is 3. The van der Waals surface area contributed by atoms with Crippen LogP contribution in [0.4, 0.5) is 0 Å². The van der Waals surface area contributed by atoms with Crippen LogP contribution in [0.15, 0.2) is 11.6 Å². The van der Waals surface area contributed by atoms with Crippen LogP contribution in [-0.2, 0) is 4.79 Å². The lowest BCUT2D eigenvalue weighted by atomic mass is 10.1. The number of aromatic nitrogens is 1. The molecular weight excluding hydrogens is 324 g/mol. The summed E-state index contributed by atoms with van der Waals surface area (Å²) in [5.41, 5.74) is 3.68. The van der Waals surface area contributed by atoms with Crippen LogP contribution in [0.25, 0.3) is 6.08 Å². The number of likely N-dealkylation sites (N-methyl/N-ethyl adjacent to an activating group) is 1. The maximum absolute atomic E-state index is 12.8. The molecule has 0 aromatic carbocycles. The van der Waals surface area contributed by atoms with Gasteiger partial charge in [-0.15, -0.1) is 0 Å². The monoisotopic (exact) mass is 355 g/mol. The molecule has 1 saturated carbocycles. The first-order valence-electron chi connectivity index (χ1n) is 9.98. The van der Waals surface area contributed by atoms with Gasteiger partial charge >= 0.3 is 0 Å². The standard InChI is InChI=1S/C21H30N4O/c1-4-23-9-11-24(12-10-23)21(26)19(15-22)14-18-13-16(2)25(17(18)3)20-7-5-6-8-20/h13-14,20H,4-12H2,1-3H3/p+1/b19-14+. The zero-order valence-corrected chi connectivity index (χ0v) is 16.3. The summed E-state index contributed by atoms with van der Waals surface area (Å²) in [6, 6.07) is 4.85. The molecule has 3 rings (SSSR count). The van der Waals surface area contributed by atoms with Crippen molar-refractivity contribution in [1.82, 2.24) is 9.47 Å². The fraction of sp³-hybridized carbons (Fsp3) is 0.619. The number of amides is 1. The first-order valence-corrected chi connectivity index (χ1v) is 9.98. The third kappa shape index (κ3) is 3.71. The van der Waals surface area contributed by atoms with Crippen molar-refractivity contribution in [1.29, 1.82) is 5.26 Å².